The van der Waals surface area contributed by atoms with E-state index in [1.54, 1.807) is 0 Å². The Labute approximate surface area is 193 Å². The monoisotopic (exact) mass is 462 g/mol. The lowest BCUT2D eigenvalue weighted by atomic mass is 9.79. The van der Waals surface area contributed by atoms with E-state index in [1.165, 1.54) is 6.42 Å². The molecule has 1 aromatic rings. The number of carbonyl (C=O) groups excluding carboxylic acids is 3. The van der Waals surface area contributed by atoms with Crippen molar-refractivity contribution < 1.29 is 28.4 Å². The number of morpholine rings is 1. The van der Waals surface area contributed by atoms with Crippen LogP contribution in [0.4, 0.5) is 4.79 Å². The molecule has 0 aromatic carbocycles. The van der Waals surface area contributed by atoms with E-state index in [2.05, 4.69) is 15.5 Å². The summed E-state index contributed by atoms with van der Waals surface area (Å²) in [5.41, 5.74) is 0. The summed E-state index contributed by atoms with van der Waals surface area (Å²) >= 11 is 0. The normalized spacial score (nSPS) is 20.3. The molecule has 1 N–H and O–H groups in total. The van der Waals surface area contributed by atoms with Gasteiger partial charge in [-0.1, -0.05) is 24.4 Å². The van der Waals surface area contributed by atoms with Crippen molar-refractivity contribution in [2.75, 3.05) is 39.5 Å². The Bertz CT molecular complexity index is 812. The maximum Gasteiger partial charge on any atom is 0.407 e. The molecule has 0 radical (unpaired) electrons. The molecule has 4 rings (SSSR count). The van der Waals surface area contributed by atoms with Crippen LogP contribution in [-0.2, 0) is 14.3 Å². The molecule has 10 nitrogen and oxygen atoms in total. The SMILES string of the molecule is O=C(NCC(C(=O)N1CCOCC1)C1CCCCC1)OCCCC(=O)c1nc(C2CC2)no1. The van der Waals surface area contributed by atoms with E-state index in [1.807, 2.05) is 4.90 Å². The molecular formula is C23H34N4O6. The number of aromatic nitrogens is 2. The average Bonchev–Trinajstić information content (AvgIpc) is 3.59. The van der Waals surface area contributed by atoms with Crippen LogP contribution in [0.25, 0.3) is 0 Å². The van der Waals surface area contributed by atoms with E-state index >= 15 is 0 Å². The lowest BCUT2D eigenvalue weighted by Crippen LogP contribution is -2.49. The van der Waals surface area contributed by atoms with Gasteiger partial charge in [0.1, 0.15) is 0 Å². The van der Waals surface area contributed by atoms with E-state index in [4.69, 9.17) is 14.0 Å². The van der Waals surface area contributed by atoms with Crippen molar-refractivity contribution in [1.29, 1.82) is 0 Å². The van der Waals surface area contributed by atoms with Gasteiger partial charge in [-0.15, -0.1) is 0 Å². The number of carbonyl (C=O) groups is 3. The van der Waals surface area contributed by atoms with Crippen LogP contribution in [0.15, 0.2) is 4.52 Å². The molecule has 0 bridgehead atoms. The van der Waals surface area contributed by atoms with Gasteiger partial charge in [0.15, 0.2) is 5.82 Å². The smallest absolute Gasteiger partial charge is 0.407 e. The van der Waals surface area contributed by atoms with E-state index in [-0.39, 0.29) is 49.0 Å². The van der Waals surface area contributed by atoms with Gasteiger partial charge in [0.25, 0.3) is 5.89 Å². The summed E-state index contributed by atoms with van der Waals surface area (Å²) in [5.74, 6) is 0.854. The number of ketones is 1. The summed E-state index contributed by atoms with van der Waals surface area (Å²) in [6, 6.07) is 0. The van der Waals surface area contributed by atoms with Gasteiger partial charge >= 0.3 is 6.09 Å². The summed E-state index contributed by atoms with van der Waals surface area (Å²) in [6.45, 7) is 2.69. The fraction of sp³-hybridized carbons (Fsp3) is 0.783. The molecule has 1 aliphatic heterocycles. The number of alkyl carbamates (subject to hydrolysis) is 1. The van der Waals surface area contributed by atoms with Gasteiger partial charge in [0.05, 0.1) is 25.7 Å². The third-order valence-corrected chi connectivity index (χ3v) is 6.73. The summed E-state index contributed by atoms with van der Waals surface area (Å²) in [7, 11) is 0. The second-order valence-corrected chi connectivity index (χ2v) is 9.22. The van der Waals surface area contributed by atoms with Crippen molar-refractivity contribution in [3.63, 3.8) is 0 Å². The molecule has 1 saturated heterocycles. The molecule has 0 spiro atoms. The first kappa shape index (κ1) is 23.7. The summed E-state index contributed by atoms with van der Waals surface area (Å²) < 4.78 is 15.6. The number of nitrogens with one attached hydrogen (secondary N) is 1. The van der Waals surface area contributed by atoms with Crippen LogP contribution < -0.4 is 5.32 Å². The number of hydrogen-bond donors (Lipinski definition) is 1. The Balaban J connectivity index is 1.18. The van der Waals surface area contributed by atoms with Gasteiger partial charge in [-0.2, -0.15) is 4.98 Å². The fourth-order valence-corrected chi connectivity index (χ4v) is 4.61. The Morgan fingerprint density at radius 1 is 1.09 bits per heavy atom. The molecular weight excluding hydrogens is 428 g/mol. The Morgan fingerprint density at radius 3 is 2.58 bits per heavy atom. The zero-order chi connectivity index (χ0) is 23.0. The summed E-state index contributed by atoms with van der Waals surface area (Å²) in [5, 5.41) is 6.62. The third-order valence-electron chi connectivity index (χ3n) is 6.73. The van der Waals surface area contributed by atoms with Crippen LogP contribution in [0.5, 0.6) is 0 Å². The average molecular weight is 463 g/mol. The lowest BCUT2D eigenvalue weighted by molar-refractivity contribution is -0.141. The van der Waals surface area contributed by atoms with Gasteiger partial charge in [-0.3, -0.25) is 9.59 Å². The van der Waals surface area contributed by atoms with Crippen LogP contribution in [0, 0.1) is 11.8 Å². The van der Waals surface area contributed by atoms with E-state index < -0.39 is 6.09 Å². The summed E-state index contributed by atoms with van der Waals surface area (Å²) in [4.78, 5) is 43.5. The molecule has 2 aliphatic carbocycles. The van der Waals surface area contributed by atoms with Crippen molar-refractivity contribution >= 4 is 17.8 Å². The predicted molar refractivity (Wildman–Crippen MR) is 117 cm³/mol. The van der Waals surface area contributed by atoms with Crippen molar-refractivity contribution in [2.45, 2.75) is 63.7 Å². The van der Waals surface area contributed by atoms with Gasteiger partial charge in [0.2, 0.25) is 11.7 Å². The van der Waals surface area contributed by atoms with Gasteiger partial charge in [-0.25, -0.2) is 4.79 Å². The number of Topliss-reactive ketones (excluding diaryl/α,β-unsaturated/α-hetero) is 1. The van der Waals surface area contributed by atoms with Crippen LogP contribution in [0.1, 0.15) is 80.2 Å². The highest BCUT2D eigenvalue weighted by atomic mass is 16.5. The molecule has 1 unspecified atom stereocenters. The first-order chi connectivity index (χ1) is 16.1. The number of ether oxygens (including phenoxy) is 2. The topological polar surface area (TPSA) is 124 Å². The van der Waals surface area contributed by atoms with Crippen molar-refractivity contribution in [1.82, 2.24) is 20.4 Å². The molecule has 2 amide bonds. The maximum absolute atomic E-state index is 13.1. The van der Waals surface area contributed by atoms with Crippen molar-refractivity contribution in [3.8, 4) is 0 Å². The third kappa shape index (κ3) is 6.75. The highest BCUT2D eigenvalue weighted by molar-refractivity contribution is 5.91. The minimum Gasteiger partial charge on any atom is -0.450 e. The van der Waals surface area contributed by atoms with Crippen LogP contribution in [-0.4, -0.2) is 72.3 Å². The fourth-order valence-electron chi connectivity index (χ4n) is 4.61. The van der Waals surface area contributed by atoms with Gasteiger partial charge in [0, 0.05) is 32.0 Å². The second kappa shape index (κ2) is 11.6. The highest BCUT2D eigenvalue weighted by Crippen LogP contribution is 2.38. The minimum atomic E-state index is -0.563. The Morgan fingerprint density at radius 2 is 1.85 bits per heavy atom. The van der Waals surface area contributed by atoms with E-state index in [0.29, 0.717) is 44.5 Å². The predicted octanol–water partition coefficient (Wildman–Crippen LogP) is 2.69. The van der Waals surface area contributed by atoms with E-state index in [0.717, 1.165) is 38.5 Å². The quantitative estimate of drug-likeness (QED) is 0.416. The first-order valence-electron chi connectivity index (χ1n) is 12.3. The molecule has 2 heterocycles. The standard InChI is InChI=1S/C23H34N4O6/c28-19(21-25-20(26-33-21)17-8-9-17)7-4-12-32-23(30)24-15-18(16-5-2-1-3-6-16)22(29)27-10-13-31-14-11-27/h16-18H,1-15H2,(H,24,30). The number of rotatable bonds is 10. The van der Waals surface area contributed by atoms with Gasteiger partial charge in [-0.05, 0) is 38.0 Å². The van der Waals surface area contributed by atoms with Crippen LogP contribution in [0.3, 0.4) is 0 Å². The molecule has 1 aromatic heterocycles. The molecule has 3 aliphatic rings. The van der Waals surface area contributed by atoms with Crippen molar-refractivity contribution in [3.05, 3.63) is 11.7 Å². The molecule has 10 heteroatoms. The van der Waals surface area contributed by atoms with Crippen LogP contribution >= 0.6 is 0 Å². The minimum absolute atomic E-state index is 0.0262. The Kier molecular flexibility index (Phi) is 8.30. The number of hydrogen-bond acceptors (Lipinski definition) is 8. The second-order valence-electron chi connectivity index (χ2n) is 9.22. The summed E-state index contributed by atoms with van der Waals surface area (Å²) in [6.07, 6.45) is 7.52. The van der Waals surface area contributed by atoms with Crippen molar-refractivity contribution in [2.24, 2.45) is 11.8 Å². The van der Waals surface area contributed by atoms with Crippen LogP contribution in [0.2, 0.25) is 0 Å². The lowest BCUT2D eigenvalue weighted by Gasteiger charge is -2.35. The molecule has 3 fully saturated rings. The first-order valence-corrected chi connectivity index (χ1v) is 12.3. The molecule has 182 valence electrons. The Hall–Kier alpha value is -2.49. The maximum atomic E-state index is 13.1. The zero-order valence-corrected chi connectivity index (χ0v) is 19.1. The van der Waals surface area contributed by atoms with Gasteiger partial charge < -0.3 is 24.2 Å². The highest BCUT2D eigenvalue weighted by Gasteiger charge is 2.33. The number of amides is 2. The largest absolute Gasteiger partial charge is 0.450 e. The number of nitrogens with zero attached hydrogens (tertiary/aromatic N) is 3. The molecule has 33 heavy (non-hydrogen) atoms. The molecule has 2 saturated carbocycles. The zero-order valence-electron chi connectivity index (χ0n) is 19.1. The van der Waals surface area contributed by atoms with E-state index in [9.17, 15) is 14.4 Å². The molecule has 1 atom stereocenters.